The molecular formula is C16H22ClFN2O. The molecule has 2 atom stereocenters. The van der Waals surface area contributed by atoms with E-state index in [1.807, 2.05) is 0 Å². The summed E-state index contributed by atoms with van der Waals surface area (Å²) >= 11 is 0. The van der Waals surface area contributed by atoms with Gasteiger partial charge in [0, 0.05) is 24.2 Å². The van der Waals surface area contributed by atoms with Crippen LogP contribution in [-0.4, -0.2) is 18.0 Å². The van der Waals surface area contributed by atoms with Gasteiger partial charge in [-0.2, -0.15) is 0 Å². The molecule has 0 aliphatic carbocycles. The van der Waals surface area contributed by atoms with E-state index in [9.17, 15) is 9.18 Å². The van der Waals surface area contributed by atoms with Gasteiger partial charge >= 0.3 is 0 Å². The third kappa shape index (κ3) is 3.95. The van der Waals surface area contributed by atoms with E-state index in [1.165, 1.54) is 18.9 Å². The highest BCUT2D eigenvalue weighted by Crippen LogP contribution is 2.32. The second-order valence-electron chi connectivity index (χ2n) is 6.19. The molecule has 2 saturated heterocycles. The molecule has 21 heavy (non-hydrogen) atoms. The minimum absolute atomic E-state index is 0. The third-order valence-electron chi connectivity index (χ3n) is 4.50. The summed E-state index contributed by atoms with van der Waals surface area (Å²) in [4.78, 5) is 12.1. The zero-order valence-electron chi connectivity index (χ0n) is 12.2. The average molecular weight is 313 g/mol. The molecule has 0 spiro atoms. The number of carbonyl (C=O) groups is 1. The van der Waals surface area contributed by atoms with Gasteiger partial charge in [-0.05, 0) is 56.2 Å². The average Bonchev–Trinajstić information content (AvgIpc) is 2.73. The monoisotopic (exact) mass is 312 g/mol. The fourth-order valence-corrected chi connectivity index (χ4v) is 3.49. The summed E-state index contributed by atoms with van der Waals surface area (Å²) in [6, 6.07) is 6.03. The molecule has 1 amide bonds. The lowest BCUT2D eigenvalue weighted by molar-refractivity contribution is -0.117. The van der Waals surface area contributed by atoms with Crippen molar-refractivity contribution in [2.75, 3.05) is 5.32 Å². The van der Waals surface area contributed by atoms with Crippen LogP contribution in [0, 0.1) is 18.7 Å². The molecule has 1 aromatic rings. The number of fused-ring (bicyclic) bond motifs is 2. The minimum atomic E-state index is -0.275. The molecular weight excluding hydrogens is 291 g/mol. The summed E-state index contributed by atoms with van der Waals surface area (Å²) in [5.41, 5.74) is 1.15. The fraction of sp³-hybridized carbons (Fsp3) is 0.562. The first-order chi connectivity index (χ1) is 9.60. The first kappa shape index (κ1) is 16.2. The Morgan fingerprint density at radius 1 is 1.33 bits per heavy atom. The molecule has 2 fully saturated rings. The number of hydrogen-bond donors (Lipinski definition) is 2. The van der Waals surface area contributed by atoms with Crippen LogP contribution in [0.3, 0.4) is 0 Å². The SMILES string of the molecule is Cc1ccc(NC(=O)CC2CC3CCC(C2)N3)cc1F.Cl. The Balaban J connectivity index is 0.00000161. The van der Waals surface area contributed by atoms with E-state index in [2.05, 4.69) is 10.6 Å². The van der Waals surface area contributed by atoms with E-state index >= 15 is 0 Å². The molecule has 3 nitrogen and oxygen atoms in total. The maximum Gasteiger partial charge on any atom is 0.224 e. The maximum absolute atomic E-state index is 13.4. The van der Waals surface area contributed by atoms with Gasteiger partial charge in [0.05, 0.1) is 0 Å². The normalized spacial score (nSPS) is 27.0. The smallest absolute Gasteiger partial charge is 0.224 e. The second-order valence-corrected chi connectivity index (χ2v) is 6.19. The number of aryl methyl sites for hydroxylation is 1. The van der Waals surface area contributed by atoms with Crippen molar-refractivity contribution >= 4 is 24.0 Å². The molecule has 1 aromatic carbocycles. The van der Waals surface area contributed by atoms with Crippen molar-refractivity contribution in [3.63, 3.8) is 0 Å². The lowest BCUT2D eigenvalue weighted by atomic mass is 9.89. The largest absolute Gasteiger partial charge is 0.326 e. The number of halogens is 2. The van der Waals surface area contributed by atoms with E-state index in [0.29, 0.717) is 35.7 Å². The number of hydrogen-bond acceptors (Lipinski definition) is 2. The first-order valence-corrected chi connectivity index (χ1v) is 7.42. The summed E-state index contributed by atoms with van der Waals surface area (Å²) in [6.45, 7) is 1.71. The van der Waals surface area contributed by atoms with Crippen LogP contribution in [0.15, 0.2) is 18.2 Å². The summed E-state index contributed by atoms with van der Waals surface area (Å²) in [6.07, 6.45) is 5.21. The quantitative estimate of drug-likeness (QED) is 0.898. The Morgan fingerprint density at radius 3 is 2.62 bits per heavy atom. The van der Waals surface area contributed by atoms with E-state index in [4.69, 9.17) is 0 Å². The van der Waals surface area contributed by atoms with Gasteiger partial charge in [0.2, 0.25) is 5.91 Å². The maximum atomic E-state index is 13.4. The van der Waals surface area contributed by atoms with Crippen molar-refractivity contribution in [1.82, 2.24) is 5.32 Å². The third-order valence-corrected chi connectivity index (χ3v) is 4.50. The van der Waals surface area contributed by atoms with Crippen LogP contribution < -0.4 is 10.6 Å². The predicted octanol–water partition coefficient (Wildman–Crippen LogP) is 3.42. The van der Waals surface area contributed by atoms with E-state index in [1.54, 1.807) is 19.1 Å². The number of anilines is 1. The van der Waals surface area contributed by atoms with Gasteiger partial charge in [0.15, 0.2) is 0 Å². The zero-order valence-corrected chi connectivity index (χ0v) is 13.0. The molecule has 0 aromatic heterocycles. The van der Waals surface area contributed by atoms with Crippen LogP contribution in [0.4, 0.5) is 10.1 Å². The minimum Gasteiger partial charge on any atom is -0.326 e. The van der Waals surface area contributed by atoms with E-state index < -0.39 is 0 Å². The van der Waals surface area contributed by atoms with Crippen LogP contribution in [0.1, 0.15) is 37.7 Å². The number of carbonyl (C=O) groups excluding carboxylic acids is 1. The van der Waals surface area contributed by atoms with Crippen molar-refractivity contribution in [2.24, 2.45) is 5.92 Å². The van der Waals surface area contributed by atoms with Crippen LogP contribution in [-0.2, 0) is 4.79 Å². The zero-order chi connectivity index (χ0) is 14.1. The lowest BCUT2D eigenvalue weighted by Gasteiger charge is -2.28. The van der Waals surface area contributed by atoms with Crippen LogP contribution in [0.2, 0.25) is 0 Å². The Labute approximate surface area is 131 Å². The summed E-state index contributed by atoms with van der Waals surface area (Å²) in [7, 11) is 0. The fourth-order valence-electron chi connectivity index (χ4n) is 3.49. The molecule has 2 aliphatic heterocycles. The number of amides is 1. The Kier molecular flexibility index (Phi) is 5.22. The number of nitrogens with one attached hydrogen (secondary N) is 2. The number of rotatable bonds is 3. The lowest BCUT2D eigenvalue weighted by Crippen LogP contribution is -2.39. The topological polar surface area (TPSA) is 41.1 Å². The highest BCUT2D eigenvalue weighted by molar-refractivity contribution is 5.90. The Hall–Kier alpha value is -1.13. The van der Waals surface area contributed by atoms with Gasteiger partial charge in [-0.1, -0.05) is 6.07 Å². The van der Waals surface area contributed by atoms with Crippen molar-refractivity contribution in [3.05, 3.63) is 29.6 Å². The molecule has 2 aliphatic rings. The van der Waals surface area contributed by atoms with Crippen LogP contribution >= 0.6 is 12.4 Å². The summed E-state index contributed by atoms with van der Waals surface area (Å²) in [5, 5.41) is 6.38. The van der Waals surface area contributed by atoms with E-state index in [-0.39, 0.29) is 24.1 Å². The first-order valence-electron chi connectivity index (χ1n) is 7.42. The Morgan fingerprint density at radius 2 is 2.00 bits per heavy atom. The van der Waals surface area contributed by atoms with Gasteiger partial charge in [-0.25, -0.2) is 4.39 Å². The molecule has 3 rings (SSSR count). The standard InChI is InChI=1S/C16H21FN2O.ClH/c1-10-2-3-14(9-15(10)17)19-16(20)8-11-6-12-4-5-13(7-11)18-12;/h2-3,9,11-13,18H,4-8H2,1H3,(H,19,20);1H. The van der Waals surface area contributed by atoms with Crippen LogP contribution in [0.25, 0.3) is 0 Å². The van der Waals surface area contributed by atoms with Gasteiger partial charge in [0.25, 0.3) is 0 Å². The highest BCUT2D eigenvalue weighted by atomic mass is 35.5. The molecule has 2 N–H and O–H groups in total. The van der Waals surface area contributed by atoms with Gasteiger partial charge in [-0.3, -0.25) is 4.79 Å². The van der Waals surface area contributed by atoms with Gasteiger partial charge < -0.3 is 10.6 Å². The molecule has 0 radical (unpaired) electrons. The second kappa shape index (κ2) is 6.75. The summed E-state index contributed by atoms with van der Waals surface area (Å²) < 4.78 is 13.4. The van der Waals surface area contributed by atoms with Gasteiger partial charge in [-0.15, -0.1) is 12.4 Å². The van der Waals surface area contributed by atoms with Crippen molar-refractivity contribution in [1.29, 1.82) is 0 Å². The highest BCUT2D eigenvalue weighted by Gasteiger charge is 2.34. The number of piperidine rings is 1. The van der Waals surface area contributed by atoms with Crippen molar-refractivity contribution in [2.45, 2.75) is 51.1 Å². The molecule has 116 valence electrons. The van der Waals surface area contributed by atoms with Crippen molar-refractivity contribution in [3.8, 4) is 0 Å². The molecule has 0 saturated carbocycles. The predicted molar refractivity (Wildman–Crippen MR) is 84.3 cm³/mol. The summed E-state index contributed by atoms with van der Waals surface area (Å²) in [5.74, 6) is 0.186. The number of benzene rings is 1. The molecule has 2 unspecified atom stereocenters. The van der Waals surface area contributed by atoms with E-state index in [0.717, 1.165) is 12.8 Å². The van der Waals surface area contributed by atoms with Gasteiger partial charge in [0.1, 0.15) is 5.82 Å². The van der Waals surface area contributed by atoms with Crippen molar-refractivity contribution < 1.29 is 9.18 Å². The Bertz CT molecular complexity index is 511. The van der Waals surface area contributed by atoms with Crippen LogP contribution in [0.5, 0.6) is 0 Å². The molecule has 2 bridgehead atoms. The molecule has 2 heterocycles. The molecule has 5 heteroatoms.